The molecule has 1 aliphatic heterocycles. The third-order valence-corrected chi connectivity index (χ3v) is 6.50. The van der Waals surface area contributed by atoms with E-state index in [4.69, 9.17) is 33.2 Å². The quantitative estimate of drug-likeness (QED) is 0.0606. The van der Waals surface area contributed by atoms with Crippen LogP contribution < -0.4 is 0 Å². The first-order valence-corrected chi connectivity index (χ1v) is 15.3. The molecule has 0 unspecified atom stereocenters. The van der Waals surface area contributed by atoms with E-state index in [2.05, 4.69) is 22.6 Å². The van der Waals surface area contributed by atoms with Gasteiger partial charge in [-0.1, -0.05) is 47.6 Å². The second kappa shape index (κ2) is 23.5. The van der Waals surface area contributed by atoms with E-state index in [-0.39, 0.29) is 25.0 Å². The fraction of sp³-hybridized carbons (Fsp3) is 0.714. The lowest BCUT2D eigenvalue weighted by Gasteiger charge is -2.13. The summed E-state index contributed by atoms with van der Waals surface area (Å²) in [5, 5.41) is 0. The minimum absolute atomic E-state index is 0.225. The summed E-state index contributed by atoms with van der Waals surface area (Å²) in [6, 6.07) is 6.84. The third kappa shape index (κ3) is 15.4. The molecule has 0 N–H and O–H groups in total. The molecule has 0 spiro atoms. The fourth-order valence-electron chi connectivity index (χ4n) is 3.67. The first-order valence-electron chi connectivity index (χ1n) is 13.8. The summed E-state index contributed by atoms with van der Waals surface area (Å²) in [6.45, 7) is 7.37. The monoisotopic (exact) mass is 665 g/mol. The zero-order valence-electron chi connectivity index (χ0n) is 23.0. The smallest absolute Gasteiger partial charge is 0.261 e. The summed E-state index contributed by atoms with van der Waals surface area (Å²) < 4.78 is 39.6. The molecule has 1 aromatic carbocycles. The zero-order valence-corrected chi connectivity index (χ0v) is 25.1. The summed E-state index contributed by atoms with van der Waals surface area (Å²) in [4.78, 5) is 25.8. The first kappa shape index (κ1) is 34.0. The number of carbonyl (C=O) groups excluding carboxylic acids is 2. The van der Waals surface area contributed by atoms with Crippen LogP contribution in [0.15, 0.2) is 24.3 Å². The molecule has 1 aliphatic rings. The number of imide groups is 1. The zero-order chi connectivity index (χ0) is 27.8. The molecule has 11 heteroatoms. The number of rotatable bonds is 27. The Morgan fingerprint density at radius 3 is 1.26 bits per heavy atom. The van der Waals surface area contributed by atoms with Crippen LogP contribution in [-0.2, 0) is 33.2 Å². The molecule has 0 atom stereocenters. The molecule has 39 heavy (non-hydrogen) atoms. The first-order chi connectivity index (χ1) is 19.3. The molecule has 0 aromatic heterocycles. The van der Waals surface area contributed by atoms with Crippen LogP contribution in [0.3, 0.4) is 0 Å². The Hall–Kier alpha value is -1.19. The number of carbonyl (C=O) groups is 2. The molecular formula is C28H44INO9. The summed E-state index contributed by atoms with van der Waals surface area (Å²) in [6.07, 6.45) is 4.95. The Bertz CT molecular complexity index is 748. The van der Waals surface area contributed by atoms with Crippen LogP contribution in [0.5, 0.6) is 0 Å². The molecule has 10 nitrogen and oxygen atoms in total. The van der Waals surface area contributed by atoms with Crippen LogP contribution in [0.25, 0.3) is 0 Å². The Labute approximate surface area is 246 Å². The van der Waals surface area contributed by atoms with Gasteiger partial charge in [-0.2, -0.15) is 0 Å². The fourth-order valence-corrected chi connectivity index (χ4v) is 4.21. The lowest BCUT2D eigenvalue weighted by atomic mass is 10.1. The number of unbranched alkanes of at least 4 members (excludes halogenated alkanes) is 3. The van der Waals surface area contributed by atoms with Gasteiger partial charge in [-0.15, -0.1) is 0 Å². The maximum atomic E-state index is 12.3. The number of ether oxygens (including phenoxy) is 7. The number of benzene rings is 1. The number of hydrogen-bond acceptors (Lipinski definition) is 9. The standard InChI is InChI=1S/C28H44INO9/c29-9-5-1-2-6-11-33-13-15-35-17-19-37-21-23-39-24-22-38-20-18-36-16-14-34-12-10-30-27(31)25-7-3-4-8-26(25)28(30)32/h3-4,7-8H,1-2,5-6,9-24H2. The van der Waals surface area contributed by atoms with Crippen LogP contribution in [0, 0.1) is 0 Å². The van der Waals surface area contributed by atoms with Crippen LogP contribution >= 0.6 is 22.6 Å². The Kier molecular flexibility index (Phi) is 20.5. The molecular weight excluding hydrogens is 621 g/mol. The van der Waals surface area contributed by atoms with Crippen LogP contribution in [0.1, 0.15) is 46.4 Å². The van der Waals surface area contributed by atoms with Gasteiger partial charge in [0.2, 0.25) is 0 Å². The van der Waals surface area contributed by atoms with Crippen molar-refractivity contribution in [2.75, 3.05) is 103 Å². The van der Waals surface area contributed by atoms with Gasteiger partial charge in [0, 0.05) is 6.61 Å². The van der Waals surface area contributed by atoms with Gasteiger partial charge in [0.05, 0.1) is 104 Å². The van der Waals surface area contributed by atoms with Crippen LogP contribution in [0.4, 0.5) is 0 Å². The minimum atomic E-state index is -0.269. The highest BCUT2D eigenvalue weighted by molar-refractivity contribution is 14.1. The number of nitrogens with zero attached hydrogens (tertiary/aromatic N) is 1. The van der Waals surface area contributed by atoms with Gasteiger partial charge in [-0.05, 0) is 29.4 Å². The van der Waals surface area contributed by atoms with Crippen molar-refractivity contribution in [2.45, 2.75) is 25.7 Å². The molecule has 0 bridgehead atoms. The second-order valence-corrected chi connectivity index (χ2v) is 9.78. The Morgan fingerprint density at radius 1 is 0.487 bits per heavy atom. The van der Waals surface area contributed by atoms with E-state index in [0.29, 0.717) is 90.4 Å². The summed E-state index contributed by atoms with van der Waals surface area (Å²) in [5.74, 6) is -0.539. The maximum absolute atomic E-state index is 12.3. The predicted octanol–water partition coefficient (Wildman–Crippen LogP) is 3.39. The molecule has 222 valence electrons. The van der Waals surface area contributed by atoms with E-state index in [1.54, 1.807) is 24.3 Å². The molecule has 2 amide bonds. The highest BCUT2D eigenvalue weighted by atomic mass is 127. The number of hydrogen-bond donors (Lipinski definition) is 0. The van der Waals surface area contributed by atoms with Crippen LogP contribution in [-0.4, -0.2) is 120 Å². The molecule has 0 radical (unpaired) electrons. The molecule has 0 fully saturated rings. The van der Waals surface area contributed by atoms with Crippen molar-refractivity contribution in [2.24, 2.45) is 0 Å². The molecule has 0 saturated heterocycles. The SMILES string of the molecule is O=C1c2ccccc2C(=O)N1CCOCCOCCOCCOCCOCCOCCOCCCCCCI. The molecule has 1 aromatic rings. The average molecular weight is 666 g/mol. The van der Waals surface area contributed by atoms with Crippen molar-refractivity contribution in [3.8, 4) is 0 Å². The van der Waals surface area contributed by atoms with Crippen molar-refractivity contribution in [3.63, 3.8) is 0 Å². The van der Waals surface area contributed by atoms with E-state index < -0.39 is 0 Å². The van der Waals surface area contributed by atoms with Gasteiger partial charge < -0.3 is 33.2 Å². The maximum Gasteiger partial charge on any atom is 0.261 e. The lowest BCUT2D eigenvalue weighted by molar-refractivity contribution is -0.0208. The van der Waals surface area contributed by atoms with Crippen molar-refractivity contribution >= 4 is 34.4 Å². The normalized spacial score (nSPS) is 13.0. The van der Waals surface area contributed by atoms with Gasteiger partial charge in [-0.3, -0.25) is 14.5 Å². The third-order valence-electron chi connectivity index (χ3n) is 5.74. The summed E-state index contributed by atoms with van der Waals surface area (Å²) in [7, 11) is 0. The van der Waals surface area contributed by atoms with E-state index in [0.717, 1.165) is 13.0 Å². The van der Waals surface area contributed by atoms with Crippen LogP contribution in [0.2, 0.25) is 0 Å². The second-order valence-electron chi connectivity index (χ2n) is 8.70. The summed E-state index contributed by atoms with van der Waals surface area (Å²) >= 11 is 2.41. The van der Waals surface area contributed by atoms with Crippen molar-refractivity contribution < 1.29 is 42.7 Å². The van der Waals surface area contributed by atoms with Gasteiger partial charge in [0.15, 0.2) is 0 Å². The topological polar surface area (TPSA) is 102 Å². The van der Waals surface area contributed by atoms with E-state index in [1.165, 1.54) is 28.6 Å². The highest BCUT2D eigenvalue weighted by Gasteiger charge is 2.34. The van der Waals surface area contributed by atoms with Crippen molar-refractivity contribution in [1.29, 1.82) is 0 Å². The number of fused-ring (bicyclic) bond motifs is 1. The molecule has 0 saturated carbocycles. The number of amides is 2. The number of halogens is 1. The largest absolute Gasteiger partial charge is 0.379 e. The number of alkyl halides is 1. The van der Waals surface area contributed by atoms with E-state index in [9.17, 15) is 9.59 Å². The Morgan fingerprint density at radius 2 is 0.846 bits per heavy atom. The van der Waals surface area contributed by atoms with Gasteiger partial charge in [0.1, 0.15) is 0 Å². The van der Waals surface area contributed by atoms with Gasteiger partial charge in [-0.25, -0.2) is 0 Å². The molecule has 1 heterocycles. The molecule has 2 rings (SSSR count). The van der Waals surface area contributed by atoms with Crippen molar-refractivity contribution in [1.82, 2.24) is 4.90 Å². The highest BCUT2D eigenvalue weighted by Crippen LogP contribution is 2.21. The summed E-state index contributed by atoms with van der Waals surface area (Å²) in [5.41, 5.74) is 0.899. The van der Waals surface area contributed by atoms with Gasteiger partial charge >= 0.3 is 0 Å². The van der Waals surface area contributed by atoms with E-state index in [1.807, 2.05) is 0 Å². The minimum Gasteiger partial charge on any atom is -0.379 e. The molecule has 0 aliphatic carbocycles. The Balaban J connectivity index is 1.23. The lowest BCUT2D eigenvalue weighted by Crippen LogP contribution is -2.33. The predicted molar refractivity (Wildman–Crippen MR) is 155 cm³/mol. The van der Waals surface area contributed by atoms with E-state index >= 15 is 0 Å². The van der Waals surface area contributed by atoms with Crippen molar-refractivity contribution in [3.05, 3.63) is 35.4 Å². The van der Waals surface area contributed by atoms with Gasteiger partial charge in [0.25, 0.3) is 11.8 Å². The average Bonchev–Trinajstić information content (AvgIpc) is 3.19.